The molecule has 0 spiro atoms. The number of anilines is 4. The number of ether oxygens (including phenoxy) is 2. The third-order valence-electron chi connectivity index (χ3n) is 3.67. The third-order valence-corrected chi connectivity index (χ3v) is 4.53. The fourth-order valence-corrected chi connectivity index (χ4v) is 3.05. The third kappa shape index (κ3) is 5.23. The van der Waals surface area contributed by atoms with Crippen LogP contribution in [0.25, 0.3) is 0 Å². The maximum Gasteiger partial charge on any atom is 0.343 e. The SMILES string of the molecule is CCOC(=O)c1cnc(SCc2nc(N)nc(Nc3ccccc3OC)n2)nc1N. The zero-order valence-corrected chi connectivity index (χ0v) is 17.1. The normalized spacial score (nSPS) is 10.5. The summed E-state index contributed by atoms with van der Waals surface area (Å²) in [5.41, 5.74) is 12.5. The second-order valence-corrected chi connectivity index (χ2v) is 6.66. The Morgan fingerprint density at radius 1 is 1.17 bits per heavy atom. The van der Waals surface area contributed by atoms with Crippen LogP contribution in [0.1, 0.15) is 23.1 Å². The first kappa shape index (κ1) is 21.0. The molecule has 11 nitrogen and oxygen atoms in total. The van der Waals surface area contributed by atoms with E-state index in [0.29, 0.717) is 28.2 Å². The number of thioether (sulfide) groups is 1. The Morgan fingerprint density at radius 3 is 2.70 bits per heavy atom. The van der Waals surface area contributed by atoms with Crippen LogP contribution >= 0.6 is 11.8 Å². The van der Waals surface area contributed by atoms with Gasteiger partial charge in [-0.3, -0.25) is 0 Å². The molecule has 0 aliphatic rings. The Balaban J connectivity index is 1.72. The lowest BCUT2D eigenvalue weighted by molar-refractivity contribution is 0.0526. The number of carbonyl (C=O) groups excluding carboxylic acids is 1. The average molecular weight is 428 g/mol. The first-order chi connectivity index (χ1) is 14.5. The van der Waals surface area contributed by atoms with Crippen LogP contribution in [-0.4, -0.2) is 44.6 Å². The van der Waals surface area contributed by atoms with Gasteiger partial charge in [0.25, 0.3) is 0 Å². The number of methoxy groups -OCH3 is 1. The average Bonchev–Trinajstić information content (AvgIpc) is 2.72. The fraction of sp³-hybridized carbons (Fsp3) is 0.222. The summed E-state index contributed by atoms with van der Waals surface area (Å²) < 4.78 is 10.2. The zero-order valence-electron chi connectivity index (χ0n) is 16.3. The van der Waals surface area contributed by atoms with Crippen molar-refractivity contribution >= 4 is 41.1 Å². The van der Waals surface area contributed by atoms with Gasteiger partial charge in [0, 0.05) is 6.20 Å². The van der Waals surface area contributed by atoms with E-state index in [1.165, 1.54) is 18.0 Å². The molecule has 0 aliphatic carbocycles. The summed E-state index contributed by atoms with van der Waals surface area (Å²) in [5, 5.41) is 3.42. The molecule has 0 aliphatic heterocycles. The van der Waals surface area contributed by atoms with E-state index in [-0.39, 0.29) is 29.9 Å². The molecule has 0 saturated heterocycles. The molecule has 3 rings (SSSR count). The molecule has 2 aromatic heterocycles. The second kappa shape index (κ2) is 9.69. The number of esters is 1. The van der Waals surface area contributed by atoms with Gasteiger partial charge in [-0.25, -0.2) is 14.8 Å². The minimum atomic E-state index is -0.566. The molecule has 3 aromatic rings. The van der Waals surface area contributed by atoms with E-state index in [0.717, 1.165) is 0 Å². The van der Waals surface area contributed by atoms with E-state index in [1.54, 1.807) is 14.0 Å². The summed E-state index contributed by atoms with van der Waals surface area (Å²) in [6.45, 7) is 1.94. The van der Waals surface area contributed by atoms with Crippen molar-refractivity contribution < 1.29 is 14.3 Å². The predicted octanol–water partition coefficient (Wildman–Crippen LogP) is 2.05. The molecule has 0 bridgehead atoms. The Hall–Kier alpha value is -3.67. The van der Waals surface area contributed by atoms with Crippen LogP contribution in [0.3, 0.4) is 0 Å². The van der Waals surface area contributed by atoms with E-state index in [1.807, 2.05) is 24.3 Å². The lowest BCUT2D eigenvalue weighted by Gasteiger charge is -2.10. The predicted molar refractivity (Wildman–Crippen MR) is 112 cm³/mol. The molecule has 30 heavy (non-hydrogen) atoms. The van der Waals surface area contributed by atoms with E-state index in [9.17, 15) is 4.79 Å². The van der Waals surface area contributed by atoms with Gasteiger partial charge in [-0.2, -0.15) is 15.0 Å². The number of nitrogens with two attached hydrogens (primary N) is 2. The van der Waals surface area contributed by atoms with Crippen molar-refractivity contribution in [2.24, 2.45) is 0 Å². The molecular weight excluding hydrogens is 408 g/mol. The number of nitrogens with one attached hydrogen (secondary N) is 1. The number of rotatable bonds is 8. The van der Waals surface area contributed by atoms with Crippen molar-refractivity contribution in [3.63, 3.8) is 0 Å². The second-order valence-electron chi connectivity index (χ2n) is 5.72. The van der Waals surface area contributed by atoms with Gasteiger partial charge >= 0.3 is 5.97 Å². The Morgan fingerprint density at radius 2 is 1.97 bits per heavy atom. The topological polar surface area (TPSA) is 164 Å². The number of para-hydroxylation sites is 2. The summed E-state index contributed by atoms with van der Waals surface area (Å²) >= 11 is 1.24. The smallest absolute Gasteiger partial charge is 0.343 e. The van der Waals surface area contributed by atoms with Crippen LogP contribution in [0.4, 0.5) is 23.4 Å². The first-order valence-electron chi connectivity index (χ1n) is 8.83. The molecular formula is C18H20N8O3S. The summed E-state index contributed by atoms with van der Waals surface area (Å²) in [5.74, 6) is 1.19. The lowest BCUT2D eigenvalue weighted by atomic mass is 10.3. The number of hydrogen-bond donors (Lipinski definition) is 3. The lowest BCUT2D eigenvalue weighted by Crippen LogP contribution is -2.11. The molecule has 1 aromatic carbocycles. The molecule has 0 unspecified atom stereocenters. The molecule has 5 N–H and O–H groups in total. The van der Waals surface area contributed by atoms with Crippen molar-refractivity contribution in [1.29, 1.82) is 0 Å². The van der Waals surface area contributed by atoms with Crippen molar-refractivity contribution in [3.05, 3.63) is 41.9 Å². The standard InChI is InChI=1S/C18H20N8O3S/c1-3-29-15(27)10-8-21-18(25-14(10)19)30-9-13-23-16(20)26-17(24-13)22-11-6-4-5-7-12(11)28-2/h4-8H,3,9H2,1-2H3,(H2,19,21,25)(H3,20,22,23,24,26). The van der Waals surface area contributed by atoms with Gasteiger partial charge in [0.05, 0.1) is 25.2 Å². The quantitative estimate of drug-likeness (QED) is 0.272. The highest BCUT2D eigenvalue weighted by molar-refractivity contribution is 7.98. The van der Waals surface area contributed by atoms with Crippen molar-refractivity contribution in [2.45, 2.75) is 17.8 Å². The molecule has 2 heterocycles. The van der Waals surface area contributed by atoms with Crippen molar-refractivity contribution in [2.75, 3.05) is 30.5 Å². The first-order valence-corrected chi connectivity index (χ1v) is 9.81. The minimum Gasteiger partial charge on any atom is -0.495 e. The number of nitrogen functional groups attached to an aromatic ring is 2. The molecule has 0 amide bonds. The van der Waals surface area contributed by atoms with Gasteiger partial charge in [-0.15, -0.1) is 0 Å². The van der Waals surface area contributed by atoms with Gasteiger partial charge in [-0.1, -0.05) is 23.9 Å². The Labute approximate surface area is 176 Å². The van der Waals surface area contributed by atoms with Crippen LogP contribution in [0.2, 0.25) is 0 Å². The Bertz CT molecular complexity index is 1050. The van der Waals surface area contributed by atoms with Crippen LogP contribution in [0, 0.1) is 0 Å². The van der Waals surface area contributed by atoms with E-state index < -0.39 is 5.97 Å². The van der Waals surface area contributed by atoms with Crippen LogP contribution in [0.5, 0.6) is 5.75 Å². The van der Waals surface area contributed by atoms with Gasteiger partial charge < -0.3 is 26.3 Å². The molecule has 156 valence electrons. The van der Waals surface area contributed by atoms with Crippen molar-refractivity contribution in [3.8, 4) is 5.75 Å². The molecule has 12 heteroatoms. The van der Waals surface area contributed by atoms with Gasteiger partial charge in [0.1, 0.15) is 23.0 Å². The highest BCUT2D eigenvalue weighted by atomic mass is 32.2. The number of nitrogens with zero attached hydrogens (tertiary/aromatic N) is 5. The van der Waals surface area contributed by atoms with E-state index >= 15 is 0 Å². The molecule has 0 atom stereocenters. The highest BCUT2D eigenvalue weighted by Crippen LogP contribution is 2.26. The molecule has 0 radical (unpaired) electrons. The maximum atomic E-state index is 11.8. The van der Waals surface area contributed by atoms with Crippen LogP contribution in [-0.2, 0) is 10.5 Å². The van der Waals surface area contributed by atoms with Gasteiger partial charge in [0.15, 0.2) is 5.16 Å². The molecule has 0 saturated carbocycles. The van der Waals surface area contributed by atoms with E-state index in [4.69, 9.17) is 20.9 Å². The monoisotopic (exact) mass is 428 g/mol. The number of benzene rings is 1. The highest BCUT2D eigenvalue weighted by Gasteiger charge is 2.14. The maximum absolute atomic E-state index is 11.8. The Kier molecular flexibility index (Phi) is 6.80. The van der Waals surface area contributed by atoms with Crippen molar-refractivity contribution in [1.82, 2.24) is 24.9 Å². The van der Waals surface area contributed by atoms with Gasteiger partial charge in [0.2, 0.25) is 11.9 Å². The number of aromatic nitrogens is 5. The summed E-state index contributed by atoms with van der Waals surface area (Å²) in [4.78, 5) is 32.6. The zero-order chi connectivity index (χ0) is 21.5. The molecule has 0 fully saturated rings. The summed E-state index contributed by atoms with van der Waals surface area (Å²) in [6, 6.07) is 7.35. The minimum absolute atomic E-state index is 0.0413. The van der Waals surface area contributed by atoms with Crippen LogP contribution < -0.4 is 21.5 Å². The number of hydrogen-bond acceptors (Lipinski definition) is 12. The fourth-order valence-electron chi connectivity index (χ4n) is 2.37. The largest absolute Gasteiger partial charge is 0.495 e. The van der Waals surface area contributed by atoms with Gasteiger partial charge in [-0.05, 0) is 19.1 Å². The summed E-state index contributed by atoms with van der Waals surface area (Å²) in [7, 11) is 1.57. The van der Waals surface area contributed by atoms with E-state index in [2.05, 4.69) is 30.2 Å². The number of carbonyl (C=O) groups is 1. The van der Waals surface area contributed by atoms with Crippen LogP contribution in [0.15, 0.2) is 35.6 Å². The summed E-state index contributed by atoms with van der Waals surface area (Å²) in [6.07, 6.45) is 1.33.